The van der Waals surface area contributed by atoms with Gasteiger partial charge in [-0.2, -0.15) is 4.39 Å². The van der Waals surface area contributed by atoms with Gasteiger partial charge >= 0.3 is 0 Å². The molecule has 1 amide bonds. The molecule has 0 aliphatic carbocycles. The zero-order valence-electron chi connectivity index (χ0n) is 7.86. The summed E-state index contributed by atoms with van der Waals surface area (Å²) in [6, 6.07) is 3.88. The summed E-state index contributed by atoms with van der Waals surface area (Å²) in [5.74, 6) is -3.82. The number of amides is 1. The standard InChI is InChI=1S/C10H6FNO4/c11-6-7(14)4-2-1-3-5(13)8(4)16-9(6)10(12)15/h1-3,13H,(H2,12,15). The molecule has 1 heterocycles. The molecule has 5 nitrogen and oxygen atoms in total. The van der Waals surface area contributed by atoms with Crippen LogP contribution in [-0.2, 0) is 0 Å². The van der Waals surface area contributed by atoms with E-state index in [-0.39, 0.29) is 16.7 Å². The highest BCUT2D eigenvalue weighted by molar-refractivity contribution is 5.93. The quantitative estimate of drug-likeness (QED) is 0.745. The van der Waals surface area contributed by atoms with E-state index in [1.54, 1.807) is 0 Å². The minimum absolute atomic E-state index is 0.150. The van der Waals surface area contributed by atoms with Crippen molar-refractivity contribution in [1.82, 2.24) is 0 Å². The van der Waals surface area contributed by atoms with Crippen LogP contribution in [0.15, 0.2) is 27.4 Å². The number of primary amides is 1. The predicted octanol–water partition coefficient (Wildman–Crippen LogP) is 0.737. The Bertz CT molecular complexity index is 647. The first kappa shape index (κ1) is 10.2. The van der Waals surface area contributed by atoms with Crippen molar-refractivity contribution in [2.75, 3.05) is 0 Å². The highest BCUT2D eigenvalue weighted by Gasteiger charge is 2.19. The van der Waals surface area contributed by atoms with Gasteiger partial charge in [-0.05, 0) is 12.1 Å². The third-order valence-corrected chi connectivity index (χ3v) is 2.07. The summed E-state index contributed by atoms with van der Waals surface area (Å²) < 4.78 is 18.1. The lowest BCUT2D eigenvalue weighted by Gasteiger charge is -2.02. The van der Waals surface area contributed by atoms with Crippen LogP contribution in [0.4, 0.5) is 4.39 Å². The minimum Gasteiger partial charge on any atom is -0.504 e. The second-order valence-electron chi connectivity index (χ2n) is 3.09. The van der Waals surface area contributed by atoms with E-state index >= 15 is 0 Å². The summed E-state index contributed by atoms with van der Waals surface area (Å²) in [7, 11) is 0. The van der Waals surface area contributed by atoms with Gasteiger partial charge in [0.05, 0.1) is 5.39 Å². The fourth-order valence-electron chi connectivity index (χ4n) is 1.34. The van der Waals surface area contributed by atoms with Gasteiger partial charge in [-0.1, -0.05) is 6.07 Å². The van der Waals surface area contributed by atoms with Gasteiger partial charge in [0.15, 0.2) is 11.3 Å². The third kappa shape index (κ3) is 1.31. The highest BCUT2D eigenvalue weighted by Crippen LogP contribution is 2.23. The summed E-state index contributed by atoms with van der Waals surface area (Å²) in [6.45, 7) is 0. The lowest BCUT2D eigenvalue weighted by Crippen LogP contribution is -2.19. The average molecular weight is 223 g/mol. The topological polar surface area (TPSA) is 93.5 Å². The van der Waals surface area contributed by atoms with Gasteiger partial charge in [0, 0.05) is 0 Å². The van der Waals surface area contributed by atoms with Gasteiger partial charge in [-0.3, -0.25) is 9.59 Å². The molecule has 0 saturated carbocycles. The zero-order chi connectivity index (χ0) is 11.9. The first-order chi connectivity index (χ1) is 7.52. The fraction of sp³-hybridized carbons (Fsp3) is 0. The summed E-state index contributed by atoms with van der Waals surface area (Å²) in [5.41, 5.74) is 3.53. The van der Waals surface area contributed by atoms with E-state index in [2.05, 4.69) is 0 Å². The number of hydrogen-bond acceptors (Lipinski definition) is 4. The molecular formula is C10H6FNO4. The van der Waals surface area contributed by atoms with Crippen LogP contribution >= 0.6 is 0 Å². The Balaban J connectivity index is 3.01. The molecule has 0 fully saturated rings. The zero-order valence-corrected chi connectivity index (χ0v) is 7.86. The normalized spacial score (nSPS) is 10.6. The van der Waals surface area contributed by atoms with Crippen molar-refractivity contribution in [2.45, 2.75) is 0 Å². The number of halogens is 1. The molecule has 0 atom stereocenters. The Morgan fingerprint density at radius 1 is 1.44 bits per heavy atom. The Kier molecular flexibility index (Phi) is 2.12. The molecule has 6 heteroatoms. The number of carbonyl (C=O) groups is 1. The first-order valence-electron chi connectivity index (χ1n) is 4.26. The Morgan fingerprint density at radius 3 is 2.75 bits per heavy atom. The van der Waals surface area contributed by atoms with Crippen LogP contribution in [0.3, 0.4) is 0 Å². The van der Waals surface area contributed by atoms with Crippen molar-refractivity contribution in [1.29, 1.82) is 0 Å². The number of nitrogens with two attached hydrogens (primary N) is 1. The molecule has 0 spiro atoms. The maximum atomic E-state index is 13.3. The number of para-hydroxylation sites is 1. The number of fused-ring (bicyclic) bond motifs is 1. The van der Waals surface area contributed by atoms with E-state index in [0.717, 1.165) is 0 Å². The van der Waals surface area contributed by atoms with Gasteiger partial charge in [-0.15, -0.1) is 0 Å². The number of aromatic hydroxyl groups is 1. The Morgan fingerprint density at radius 2 is 2.12 bits per heavy atom. The molecule has 82 valence electrons. The largest absolute Gasteiger partial charge is 0.504 e. The smallest absolute Gasteiger partial charge is 0.287 e. The van der Waals surface area contributed by atoms with Crippen molar-refractivity contribution in [3.63, 3.8) is 0 Å². The van der Waals surface area contributed by atoms with Crippen molar-refractivity contribution >= 4 is 16.9 Å². The van der Waals surface area contributed by atoms with Crippen molar-refractivity contribution in [3.8, 4) is 5.75 Å². The van der Waals surface area contributed by atoms with Crippen molar-refractivity contribution in [2.24, 2.45) is 5.73 Å². The molecule has 0 aliphatic rings. The van der Waals surface area contributed by atoms with Crippen LogP contribution in [0.1, 0.15) is 10.6 Å². The number of phenols is 1. The number of benzene rings is 1. The summed E-state index contributed by atoms with van der Waals surface area (Å²) in [4.78, 5) is 22.2. The molecule has 16 heavy (non-hydrogen) atoms. The van der Waals surface area contributed by atoms with Crippen LogP contribution in [-0.4, -0.2) is 11.0 Å². The molecule has 2 aromatic rings. The Hall–Kier alpha value is -2.37. The molecule has 0 radical (unpaired) electrons. The van der Waals surface area contributed by atoms with Crippen LogP contribution in [0.5, 0.6) is 5.75 Å². The summed E-state index contributed by atoms with van der Waals surface area (Å²) in [5, 5.41) is 9.24. The van der Waals surface area contributed by atoms with Crippen molar-refractivity contribution < 1.29 is 18.7 Å². The van der Waals surface area contributed by atoms with Crippen LogP contribution in [0.25, 0.3) is 11.0 Å². The lowest BCUT2D eigenvalue weighted by molar-refractivity contribution is 0.0967. The van der Waals surface area contributed by atoms with Crippen LogP contribution in [0, 0.1) is 5.82 Å². The molecule has 0 aliphatic heterocycles. The second-order valence-corrected chi connectivity index (χ2v) is 3.09. The Labute approximate surface area is 87.9 Å². The average Bonchev–Trinajstić information content (AvgIpc) is 2.23. The number of rotatable bonds is 1. The molecule has 3 N–H and O–H groups in total. The van der Waals surface area contributed by atoms with Crippen molar-refractivity contribution in [3.05, 3.63) is 40.0 Å². The van der Waals surface area contributed by atoms with Gasteiger partial charge in [0.1, 0.15) is 0 Å². The first-order valence-corrected chi connectivity index (χ1v) is 4.26. The predicted molar refractivity (Wildman–Crippen MR) is 52.6 cm³/mol. The number of hydrogen-bond donors (Lipinski definition) is 2. The second kappa shape index (κ2) is 3.34. The monoisotopic (exact) mass is 223 g/mol. The van der Waals surface area contributed by atoms with Gasteiger partial charge in [0.2, 0.25) is 17.0 Å². The minimum atomic E-state index is -1.36. The molecule has 1 aromatic heterocycles. The molecule has 1 aromatic carbocycles. The maximum absolute atomic E-state index is 13.3. The van der Waals surface area contributed by atoms with E-state index in [9.17, 15) is 19.1 Å². The maximum Gasteiger partial charge on any atom is 0.287 e. The molecule has 0 saturated heterocycles. The van der Waals surface area contributed by atoms with E-state index in [1.165, 1.54) is 18.2 Å². The lowest BCUT2D eigenvalue weighted by atomic mass is 10.2. The van der Waals surface area contributed by atoms with Crippen LogP contribution in [0.2, 0.25) is 0 Å². The van der Waals surface area contributed by atoms with Crippen LogP contribution < -0.4 is 11.2 Å². The number of carbonyl (C=O) groups excluding carboxylic acids is 1. The molecular weight excluding hydrogens is 217 g/mol. The van der Waals surface area contributed by atoms with Gasteiger partial charge in [-0.25, -0.2) is 0 Å². The summed E-state index contributed by atoms with van der Waals surface area (Å²) >= 11 is 0. The molecule has 0 unspecified atom stereocenters. The van der Waals surface area contributed by atoms with Gasteiger partial charge in [0.25, 0.3) is 5.91 Å². The SMILES string of the molecule is NC(=O)c1oc2c(O)cccc2c(=O)c1F. The van der Waals surface area contributed by atoms with E-state index in [1.807, 2.05) is 0 Å². The van der Waals surface area contributed by atoms with E-state index in [4.69, 9.17) is 10.2 Å². The highest BCUT2D eigenvalue weighted by atomic mass is 19.1. The van der Waals surface area contributed by atoms with E-state index in [0.29, 0.717) is 0 Å². The molecule has 0 bridgehead atoms. The third-order valence-electron chi connectivity index (χ3n) is 2.07. The fourth-order valence-corrected chi connectivity index (χ4v) is 1.34. The van der Waals surface area contributed by atoms with E-state index < -0.39 is 22.9 Å². The number of phenolic OH excluding ortho intramolecular Hbond substituents is 1. The molecule has 2 rings (SSSR count). The van der Waals surface area contributed by atoms with Gasteiger partial charge < -0.3 is 15.3 Å². The summed E-state index contributed by atoms with van der Waals surface area (Å²) in [6.07, 6.45) is 0.